The molecule has 0 saturated carbocycles. The van der Waals surface area contributed by atoms with Crippen LogP contribution in [-0.4, -0.2) is 25.9 Å². The summed E-state index contributed by atoms with van der Waals surface area (Å²) in [5.74, 6) is 0.807. The normalized spacial score (nSPS) is 11.1. The van der Waals surface area contributed by atoms with Crippen molar-refractivity contribution in [3.8, 4) is 11.5 Å². The quantitative estimate of drug-likeness (QED) is 0.387. The summed E-state index contributed by atoms with van der Waals surface area (Å²) >= 11 is 0. The molecule has 1 unspecified atom stereocenters. The topological polar surface area (TPSA) is 52.6 Å². The number of ether oxygens (including phenoxy) is 2. The average molecular weight is 373 g/mol. The van der Waals surface area contributed by atoms with Gasteiger partial charge in [-0.2, -0.15) is 0 Å². The number of unbranched alkanes of at least 4 members (excludes halogenated alkanes) is 3. The molecule has 2 rings (SSSR count). The van der Waals surface area contributed by atoms with Gasteiger partial charge in [-0.3, -0.25) is 0 Å². The predicted molar refractivity (Wildman–Crippen MR) is 105 cm³/mol. The first-order chi connectivity index (χ1) is 12.7. The molecule has 0 N–H and O–H groups in total. The lowest BCUT2D eigenvalue weighted by atomic mass is 10.1. The van der Waals surface area contributed by atoms with Gasteiger partial charge in [-0.15, -0.1) is 0 Å². The lowest BCUT2D eigenvalue weighted by molar-refractivity contribution is 0.107. The molecule has 0 radical (unpaired) electrons. The van der Waals surface area contributed by atoms with Crippen LogP contribution in [0.25, 0.3) is 0 Å². The summed E-state index contributed by atoms with van der Waals surface area (Å²) in [6.07, 6.45) is 5.40. The van der Waals surface area contributed by atoms with Crippen LogP contribution in [0, 0.1) is 0 Å². The van der Waals surface area contributed by atoms with Gasteiger partial charge in [0.1, 0.15) is 11.5 Å². The maximum Gasteiger partial charge on any atom is 0.420 e. The van der Waals surface area contributed by atoms with Crippen LogP contribution < -0.4 is 9.47 Å². The lowest BCUT2D eigenvalue weighted by Crippen LogP contribution is -2.03. The van der Waals surface area contributed by atoms with E-state index in [0.29, 0.717) is 17.7 Å². The van der Waals surface area contributed by atoms with Gasteiger partial charge in [0.25, 0.3) is 0 Å². The van der Waals surface area contributed by atoms with E-state index in [-0.39, 0.29) is 5.56 Å². The molecule has 0 bridgehead atoms. The molecule has 2 aromatic rings. The van der Waals surface area contributed by atoms with E-state index in [1.807, 2.05) is 6.07 Å². The van der Waals surface area contributed by atoms with E-state index in [1.165, 1.54) is 19.8 Å². The minimum Gasteiger partial charge on any atom is -0.496 e. The van der Waals surface area contributed by atoms with Gasteiger partial charge in [0.2, 0.25) is 0 Å². The highest BCUT2D eigenvalue weighted by molar-refractivity contribution is 7.64. The van der Waals surface area contributed by atoms with Gasteiger partial charge >= 0.3 is 13.3 Å². The van der Waals surface area contributed by atoms with Crippen LogP contribution in [0.1, 0.15) is 41.6 Å². The Morgan fingerprint density at radius 1 is 0.846 bits per heavy atom. The minimum absolute atomic E-state index is 0.280. The zero-order valence-corrected chi connectivity index (χ0v) is 16.3. The third kappa shape index (κ3) is 5.67. The molecular formula is C21H26O4P+. The molecule has 0 fully saturated rings. The van der Waals surface area contributed by atoms with Gasteiger partial charge in [-0.1, -0.05) is 47.4 Å². The number of aryl methyl sites for hydroxylation is 1. The second-order valence-electron chi connectivity index (χ2n) is 6.09. The van der Waals surface area contributed by atoms with Crippen LogP contribution in [0.5, 0.6) is 11.5 Å². The van der Waals surface area contributed by atoms with Gasteiger partial charge in [0, 0.05) is 0 Å². The Morgan fingerprint density at radius 2 is 1.46 bits per heavy atom. The number of rotatable bonds is 11. The van der Waals surface area contributed by atoms with E-state index in [2.05, 4.69) is 24.3 Å². The number of benzene rings is 2. The van der Waals surface area contributed by atoms with Crippen molar-refractivity contribution in [3.05, 3.63) is 59.7 Å². The van der Waals surface area contributed by atoms with Crippen LogP contribution in [0.4, 0.5) is 0 Å². The van der Waals surface area contributed by atoms with E-state index in [1.54, 1.807) is 18.2 Å². The highest BCUT2D eigenvalue weighted by Crippen LogP contribution is 2.37. The van der Waals surface area contributed by atoms with Crippen LogP contribution in [0.2, 0.25) is 0 Å². The molecule has 0 heterocycles. The molecule has 2 aromatic carbocycles. The Kier molecular flexibility index (Phi) is 8.30. The van der Waals surface area contributed by atoms with Crippen molar-refractivity contribution in [3.63, 3.8) is 0 Å². The fourth-order valence-electron chi connectivity index (χ4n) is 2.87. The van der Waals surface area contributed by atoms with Crippen molar-refractivity contribution in [2.75, 3.05) is 20.4 Å². The molecule has 26 heavy (non-hydrogen) atoms. The molecule has 0 amide bonds. The number of carbonyl (C=O) groups excluding carboxylic acids is 1. The molecule has 0 spiro atoms. The molecule has 0 aromatic heterocycles. The van der Waals surface area contributed by atoms with Crippen molar-refractivity contribution >= 4 is 13.3 Å². The van der Waals surface area contributed by atoms with Crippen LogP contribution in [0.15, 0.2) is 48.5 Å². The van der Waals surface area contributed by atoms with Crippen molar-refractivity contribution in [2.24, 2.45) is 0 Å². The second kappa shape index (κ2) is 10.7. The molecule has 138 valence electrons. The first-order valence-electron chi connectivity index (χ1n) is 8.91. The zero-order chi connectivity index (χ0) is 18.8. The van der Waals surface area contributed by atoms with Gasteiger partial charge in [-0.25, -0.2) is 4.79 Å². The number of hydrogen-bond donors (Lipinski definition) is 0. The highest BCUT2D eigenvalue weighted by Gasteiger charge is 2.34. The van der Waals surface area contributed by atoms with Crippen LogP contribution in [0.3, 0.4) is 0 Å². The summed E-state index contributed by atoms with van der Waals surface area (Å²) in [6, 6.07) is 15.5. The Labute approximate surface area is 156 Å². The minimum atomic E-state index is -1.98. The van der Waals surface area contributed by atoms with E-state index in [0.717, 1.165) is 32.1 Å². The molecule has 0 saturated heterocycles. The molecule has 0 aliphatic carbocycles. The highest BCUT2D eigenvalue weighted by atomic mass is 31.1. The largest absolute Gasteiger partial charge is 0.496 e. The van der Waals surface area contributed by atoms with Gasteiger partial charge < -0.3 is 9.47 Å². The standard InChI is InChI=1S/C21H26O4P/c1-24-18-14-10-15-19(25-2)20(18)21(22)26(23)16-9-4-3-6-11-17-12-7-5-8-13-17/h5,7-8,10,12-15H,3-4,6,9,11,16H2,1-2H3/q+1. The summed E-state index contributed by atoms with van der Waals surface area (Å²) in [5, 5.41) is 0. The van der Waals surface area contributed by atoms with Gasteiger partial charge in [-0.05, 0) is 43.4 Å². The number of carbonyl (C=O) groups is 1. The van der Waals surface area contributed by atoms with Crippen molar-refractivity contribution in [1.29, 1.82) is 0 Å². The van der Waals surface area contributed by atoms with Gasteiger partial charge in [0.05, 0.1) is 14.2 Å². The second-order valence-corrected chi connectivity index (χ2v) is 7.71. The van der Waals surface area contributed by atoms with Crippen molar-refractivity contribution in [1.82, 2.24) is 0 Å². The fraction of sp³-hybridized carbons (Fsp3) is 0.381. The number of hydrogen-bond acceptors (Lipinski definition) is 4. The first kappa shape index (κ1) is 20.1. The molecule has 0 aliphatic rings. The smallest absolute Gasteiger partial charge is 0.420 e. The Bertz CT molecular complexity index is 706. The zero-order valence-electron chi connectivity index (χ0n) is 15.4. The molecule has 1 atom stereocenters. The Morgan fingerprint density at radius 3 is 2.08 bits per heavy atom. The third-order valence-electron chi connectivity index (χ3n) is 4.29. The fourth-order valence-corrected chi connectivity index (χ4v) is 4.05. The Hall–Kier alpha value is -2.19. The van der Waals surface area contributed by atoms with E-state index < -0.39 is 13.3 Å². The first-order valence-corrected chi connectivity index (χ1v) is 10.4. The van der Waals surface area contributed by atoms with Crippen molar-refractivity contribution < 1.29 is 18.8 Å². The maximum atomic E-state index is 12.6. The summed E-state index contributed by atoms with van der Waals surface area (Å²) in [6.45, 7) is 0. The van der Waals surface area contributed by atoms with Crippen LogP contribution >= 0.6 is 7.80 Å². The van der Waals surface area contributed by atoms with Gasteiger partial charge in [0.15, 0.2) is 11.7 Å². The monoisotopic (exact) mass is 373 g/mol. The summed E-state index contributed by atoms with van der Waals surface area (Å²) in [5.41, 5.74) is 1.23. The number of methoxy groups -OCH3 is 2. The molecule has 5 heteroatoms. The molecule has 0 aliphatic heterocycles. The Balaban J connectivity index is 1.78. The SMILES string of the molecule is COc1cccc(OC)c1C(=O)[P+](=O)CCCCCCc1ccccc1. The van der Waals surface area contributed by atoms with E-state index >= 15 is 0 Å². The summed E-state index contributed by atoms with van der Waals surface area (Å²) in [7, 11) is 1.01. The molecule has 4 nitrogen and oxygen atoms in total. The predicted octanol–water partition coefficient (Wildman–Crippen LogP) is 5.47. The average Bonchev–Trinajstić information content (AvgIpc) is 2.69. The van der Waals surface area contributed by atoms with E-state index in [4.69, 9.17) is 9.47 Å². The summed E-state index contributed by atoms with van der Waals surface area (Å²) < 4.78 is 22.9. The van der Waals surface area contributed by atoms with Crippen LogP contribution in [-0.2, 0) is 11.0 Å². The summed E-state index contributed by atoms with van der Waals surface area (Å²) in [4.78, 5) is 12.6. The van der Waals surface area contributed by atoms with Crippen molar-refractivity contribution in [2.45, 2.75) is 32.1 Å². The lowest BCUT2D eigenvalue weighted by Gasteiger charge is -2.07. The third-order valence-corrected chi connectivity index (χ3v) is 5.69. The van der Waals surface area contributed by atoms with E-state index in [9.17, 15) is 9.36 Å². The molecular weight excluding hydrogens is 347 g/mol. The maximum absolute atomic E-state index is 12.6.